The van der Waals surface area contributed by atoms with Crippen LogP contribution in [0.25, 0.3) is 0 Å². The van der Waals surface area contributed by atoms with Gasteiger partial charge in [-0.15, -0.1) is 11.3 Å². The molecular formula is C23H20FN3O4S. The SMILES string of the molecule is Cc1nc(NC(=O)[C@@H]2CC(=O)N(c3ccccc3F)C2)sc1Cc1ccc2c(c1)OCO2. The molecule has 164 valence electrons. The molecule has 7 nitrogen and oxygen atoms in total. The summed E-state index contributed by atoms with van der Waals surface area (Å²) in [6.07, 6.45) is 0.688. The van der Waals surface area contributed by atoms with Crippen molar-refractivity contribution in [1.82, 2.24) is 4.98 Å². The molecule has 2 amide bonds. The Hall–Kier alpha value is -3.46. The van der Waals surface area contributed by atoms with Gasteiger partial charge in [-0.3, -0.25) is 9.59 Å². The van der Waals surface area contributed by atoms with Crippen LogP contribution in [0, 0.1) is 18.7 Å². The van der Waals surface area contributed by atoms with Gasteiger partial charge < -0.3 is 19.7 Å². The average Bonchev–Trinajstić information content (AvgIpc) is 3.47. The summed E-state index contributed by atoms with van der Waals surface area (Å²) in [6, 6.07) is 11.9. The first-order valence-corrected chi connectivity index (χ1v) is 11.0. The molecule has 32 heavy (non-hydrogen) atoms. The summed E-state index contributed by atoms with van der Waals surface area (Å²) in [5.74, 6) is -0.148. The molecule has 0 radical (unpaired) electrons. The number of carbonyl (C=O) groups is 2. The first-order chi connectivity index (χ1) is 15.5. The number of hydrogen-bond acceptors (Lipinski definition) is 6. The maximum absolute atomic E-state index is 14.1. The van der Waals surface area contributed by atoms with E-state index in [1.165, 1.54) is 22.3 Å². The fourth-order valence-corrected chi connectivity index (χ4v) is 4.88. The smallest absolute Gasteiger partial charge is 0.231 e. The Bertz CT molecular complexity index is 1210. The van der Waals surface area contributed by atoms with E-state index < -0.39 is 11.7 Å². The van der Waals surface area contributed by atoms with Gasteiger partial charge >= 0.3 is 0 Å². The van der Waals surface area contributed by atoms with E-state index in [1.807, 2.05) is 25.1 Å². The summed E-state index contributed by atoms with van der Waals surface area (Å²) in [7, 11) is 0. The summed E-state index contributed by atoms with van der Waals surface area (Å²) >= 11 is 1.40. The van der Waals surface area contributed by atoms with Crippen LogP contribution in [0.15, 0.2) is 42.5 Å². The fraction of sp³-hybridized carbons (Fsp3) is 0.261. The number of amides is 2. The van der Waals surface area contributed by atoms with Crippen molar-refractivity contribution in [2.45, 2.75) is 19.8 Å². The lowest BCUT2D eigenvalue weighted by Gasteiger charge is -2.17. The number of halogens is 1. The maximum Gasteiger partial charge on any atom is 0.231 e. The number of ether oxygens (including phenoxy) is 2. The van der Waals surface area contributed by atoms with Gasteiger partial charge in [-0.2, -0.15) is 0 Å². The average molecular weight is 453 g/mol. The van der Waals surface area contributed by atoms with Gasteiger partial charge in [0, 0.05) is 24.3 Å². The van der Waals surface area contributed by atoms with E-state index in [0.717, 1.165) is 27.6 Å². The van der Waals surface area contributed by atoms with Gasteiger partial charge in [0.25, 0.3) is 0 Å². The van der Waals surface area contributed by atoms with Gasteiger partial charge in [0.15, 0.2) is 16.6 Å². The molecule has 1 atom stereocenters. The highest BCUT2D eigenvalue weighted by Crippen LogP contribution is 2.34. The number of benzene rings is 2. The number of nitrogens with one attached hydrogen (secondary N) is 1. The monoisotopic (exact) mass is 453 g/mol. The number of thiazole rings is 1. The highest BCUT2D eigenvalue weighted by molar-refractivity contribution is 7.15. The Kier molecular flexibility index (Phi) is 5.26. The molecule has 0 saturated carbocycles. The van der Waals surface area contributed by atoms with Crippen molar-refractivity contribution in [3.8, 4) is 11.5 Å². The van der Waals surface area contributed by atoms with Crippen LogP contribution in [-0.2, 0) is 16.0 Å². The molecule has 0 bridgehead atoms. The number of aryl methyl sites for hydroxylation is 1. The van der Waals surface area contributed by atoms with Crippen molar-refractivity contribution in [1.29, 1.82) is 0 Å². The molecular weight excluding hydrogens is 433 g/mol. The summed E-state index contributed by atoms with van der Waals surface area (Å²) < 4.78 is 24.8. The van der Waals surface area contributed by atoms with Crippen LogP contribution in [0.4, 0.5) is 15.2 Å². The number of fused-ring (bicyclic) bond motifs is 1. The highest BCUT2D eigenvalue weighted by atomic mass is 32.1. The second-order valence-corrected chi connectivity index (χ2v) is 8.82. The van der Waals surface area contributed by atoms with E-state index in [4.69, 9.17) is 9.47 Å². The third-order valence-corrected chi connectivity index (χ3v) is 6.64. The standard InChI is InChI=1S/C23H20FN3O4S/c1-13-20(9-14-6-7-18-19(8-14)31-12-30-18)32-23(25-13)26-22(29)15-10-21(28)27(11-15)17-5-3-2-4-16(17)24/h2-8,15H,9-12H2,1H3,(H,25,26,29)/t15-/m1/s1. The summed E-state index contributed by atoms with van der Waals surface area (Å²) in [6.45, 7) is 2.26. The van der Waals surface area contributed by atoms with E-state index in [-0.39, 0.29) is 37.3 Å². The highest BCUT2D eigenvalue weighted by Gasteiger charge is 2.36. The second-order valence-electron chi connectivity index (χ2n) is 7.74. The molecule has 0 unspecified atom stereocenters. The lowest BCUT2D eigenvalue weighted by molar-refractivity contribution is -0.122. The lowest BCUT2D eigenvalue weighted by Crippen LogP contribution is -2.28. The number of nitrogens with zero attached hydrogens (tertiary/aromatic N) is 2. The van der Waals surface area contributed by atoms with E-state index in [2.05, 4.69) is 10.3 Å². The molecule has 9 heteroatoms. The molecule has 0 spiro atoms. The van der Waals surface area contributed by atoms with E-state index >= 15 is 0 Å². The van der Waals surface area contributed by atoms with Crippen LogP contribution in [-0.4, -0.2) is 30.1 Å². The van der Waals surface area contributed by atoms with Gasteiger partial charge in [0.1, 0.15) is 5.82 Å². The van der Waals surface area contributed by atoms with Gasteiger partial charge in [0.2, 0.25) is 18.6 Å². The van der Waals surface area contributed by atoms with Gasteiger partial charge in [-0.25, -0.2) is 9.37 Å². The third-order valence-electron chi connectivity index (χ3n) is 5.56. The fourth-order valence-electron chi connectivity index (χ4n) is 3.88. The minimum atomic E-state index is -0.566. The van der Waals surface area contributed by atoms with Crippen LogP contribution in [0.3, 0.4) is 0 Å². The first-order valence-electron chi connectivity index (χ1n) is 10.2. The van der Waals surface area contributed by atoms with Gasteiger partial charge in [-0.1, -0.05) is 18.2 Å². The Labute approximate surface area is 187 Å². The summed E-state index contributed by atoms with van der Waals surface area (Å²) in [5.41, 5.74) is 2.09. The molecule has 2 aliphatic rings. The zero-order chi connectivity index (χ0) is 22.2. The van der Waals surface area contributed by atoms with Gasteiger partial charge in [0.05, 0.1) is 17.3 Å². The largest absolute Gasteiger partial charge is 0.454 e. The van der Waals surface area contributed by atoms with Crippen LogP contribution in [0.5, 0.6) is 11.5 Å². The molecule has 1 aromatic heterocycles. The van der Waals surface area contributed by atoms with Crippen molar-refractivity contribution in [2.24, 2.45) is 5.92 Å². The molecule has 5 rings (SSSR count). The van der Waals surface area contributed by atoms with Crippen molar-refractivity contribution in [3.63, 3.8) is 0 Å². The Balaban J connectivity index is 1.25. The molecule has 1 fully saturated rings. The summed E-state index contributed by atoms with van der Waals surface area (Å²) in [5, 5.41) is 3.32. The lowest BCUT2D eigenvalue weighted by atomic mass is 10.1. The van der Waals surface area contributed by atoms with Crippen LogP contribution in [0.1, 0.15) is 22.6 Å². The number of hydrogen-bond donors (Lipinski definition) is 1. The van der Waals surface area contributed by atoms with E-state index in [9.17, 15) is 14.0 Å². The second kappa shape index (κ2) is 8.23. The summed E-state index contributed by atoms with van der Waals surface area (Å²) in [4.78, 5) is 32.0. The molecule has 1 saturated heterocycles. The Morgan fingerprint density at radius 3 is 2.91 bits per heavy atom. The Morgan fingerprint density at radius 1 is 1.25 bits per heavy atom. The normalized spacial score (nSPS) is 17.1. The Morgan fingerprint density at radius 2 is 2.06 bits per heavy atom. The molecule has 2 aromatic carbocycles. The van der Waals surface area contributed by atoms with Crippen molar-refractivity contribution >= 4 is 34.0 Å². The molecule has 0 aliphatic carbocycles. The quantitative estimate of drug-likeness (QED) is 0.634. The topological polar surface area (TPSA) is 80.8 Å². The van der Waals surface area contributed by atoms with Crippen LogP contribution < -0.4 is 19.7 Å². The molecule has 3 aromatic rings. The minimum absolute atomic E-state index is 0.0363. The number of para-hydroxylation sites is 1. The zero-order valence-electron chi connectivity index (χ0n) is 17.3. The number of anilines is 2. The minimum Gasteiger partial charge on any atom is -0.454 e. The van der Waals surface area contributed by atoms with Gasteiger partial charge in [-0.05, 0) is 36.8 Å². The molecule has 3 heterocycles. The predicted molar refractivity (Wildman–Crippen MR) is 118 cm³/mol. The maximum atomic E-state index is 14.1. The molecule has 1 N–H and O–H groups in total. The van der Waals surface area contributed by atoms with Crippen LogP contribution in [0.2, 0.25) is 0 Å². The predicted octanol–water partition coefficient (Wildman–Crippen LogP) is 3.90. The number of aromatic nitrogens is 1. The van der Waals surface area contributed by atoms with Crippen molar-refractivity contribution < 1.29 is 23.5 Å². The number of rotatable bonds is 5. The van der Waals surface area contributed by atoms with Crippen molar-refractivity contribution in [2.75, 3.05) is 23.6 Å². The first kappa shape index (κ1) is 20.4. The van der Waals surface area contributed by atoms with Crippen LogP contribution >= 0.6 is 11.3 Å². The third kappa shape index (κ3) is 3.91. The molecule has 2 aliphatic heterocycles. The van der Waals surface area contributed by atoms with E-state index in [0.29, 0.717) is 11.6 Å². The van der Waals surface area contributed by atoms with Crippen molar-refractivity contribution in [3.05, 3.63) is 64.4 Å². The van der Waals surface area contributed by atoms with E-state index in [1.54, 1.807) is 18.2 Å². The zero-order valence-corrected chi connectivity index (χ0v) is 18.1. The number of carbonyl (C=O) groups excluding carboxylic acids is 2.